The summed E-state index contributed by atoms with van der Waals surface area (Å²) in [4.78, 5) is 13.5. The van der Waals surface area contributed by atoms with E-state index < -0.39 is 0 Å². The summed E-state index contributed by atoms with van der Waals surface area (Å²) >= 11 is 0. The molecule has 0 spiro atoms. The molecule has 0 bridgehead atoms. The summed E-state index contributed by atoms with van der Waals surface area (Å²) < 4.78 is 0. The predicted octanol–water partition coefficient (Wildman–Crippen LogP) is 5.76. The highest BCUT2D eigenvalue weighted by Crippen LogP contribution is 2.47. The molecule has 2 N–H and O–H groups in total. The third-order valence-corrected chi connectivity index (χ3v) is 6.39. The number of nitrogens with one attached hydrogen (secondary N) is 1. The number of rotatable bonds is 8. The fraction of sp³-hybridized carbons (Fsp3) is 0.500. The van der Waals surface area contributed by atoms with Crippen LogP contribution in [0.4, 0.5) is 0 Å². The number of aromatic hydroxyl groups is 1. The maximum Gasteiger partial charge on any atom is 0.163 e. The van der Waals surface area contributed by atoms with Crippen LogP contribution < -0.4 is 5.32 Å². The van der Waals surface area contributed by atoms with E-state index in [1.165, 1.54) is 11.1 Å². The van der Waals surface area contributed by atoms with E-state index in [4.69, 9.17) is 0 Å². The molecule has 0 amide bonds. The molecule has 1 aromatic rings. The van der Waals surface area contributed by atoms with Crippen LogP contribution in [0.5, 0.6) is 5.75 Å². The average Bonchev–Trinajstić information content (AvgIpc) is 2.92. The highest BCUT2D eigenvalue weighted by atomic mass is 16.3. The van der Waals surface area contributed by atoms with Gasteiger partial charge in [-0.1, -0.05) is 55.9 Å². The Morgan fingerprint density at radius 1 is 1.28 bits per heavy atom. The van der Waals surface area contributed by atoms with Gasteiger partial charge in [0.05, 0.1) is 0 Å². The maximum absolute atomic E-state index is 13.5. The van der Waals surface area contributed by atoms with Crippen LogP contribution in [0, 0.1) is 11.3 Å². The lowest BCUT2D eigenvalue weighted by molar-refractivity contribution is 0.0880. The SMILES string of the molecule is CNCCC1(CC(=O)c2cccc(O)c2CC(C)C)CCC2=C(C=CC=CC2)C1. The molecule has 29 heavy (non-hydrogen) atoms. The van der Waals surface area contributed by atoms with E-state index in [0.717, 1.165) is 50.6 Å². The Bertz CT molecular complexity index is 831. The van der Waals surface area contributed by atoms with Gasteiger partial charge in [0.25, 0.3) is 0 Å². The second-order valence-corrected chi connectivity index (χ2v) is 9.15. The van der Waals surface area contributed by atoms with Gasteiger partial charge in [-0.15, -0.1) is 0 Å². The highest BCUT2D eigenvalue weighted by molar-refractivity contribution is 5.98. The van der Waals surface area contributed by atoms with Crippen LogP contribution >= 0.6 is 0 Å². The quantitative estimate of drug-likeness (QED) is 0.552. The van der Waals surface area contributed by atoms with E-state index >= 15 is 0 Å². The Morgan fingerprint density at radius 3 is 2.86 bits per heavy atom. The van der Waals surface area contributed by atoms with Crippen LogP contribution in [0.1, 0.15) is 68.3 Å². The summed E-state index contributed by atoms with van der Waals surface area (Å²) in [5.74, 6) is 0.812. The van der Waals surface area contributed by atoms with Gasteiger partial charge in [-0.2, -0.15) is 0 Å². The van der Waals surface area contributed by atoms with Gasteiger partial charge < -0.3 is 10.4 Å². The topological polar surface area (TPSA) is 49.3 Å². The van der Waals surface area contributed by atoms with Crippen molar-refractivity contribution in [3.63, 3.8) is 0 Å². The summed E-state index contributed by atoms with van der Waals surface area (Å²) in [5.41, 5.74) is 4.45. The van der Waals surface area contributed by atoms with Crippen LogP contribution in [0.2, 0.25) is 0 Å². The molecule has 0 radical (unpaired) electrons. The fourth-order valence-electron chi connectivity index (χ4n) is 4.80. The normalized spacial score (nSPS) is 21.4. The van der Waals surface area contributed by atoms with Gasteiger partial charge in [0.1, 0.15) is 5.75 Å². The van der Waals surface area contributed by atoms with E-state index in [9.17, 15) is 9.90 Å². The minimum atomic E-state index is -0.0197. The molecule has 0 aromatic heterocycles. The number of benzene rings is 1. The number of Topliss-reactive ketones (excluding diaryl/α,β-unsaturated/α-hetero) is 1. The Kier molecular flexibility index (Phi) is 7.13. The first kappa shape index (κ1) is 21.6. The first-order chi connectivity index (χ1) is 13.9. The maximum atomic E-state index is 13.5. The summed E-state index contributed by atoms with van der Waals surface area (Å²) in [6.45, 7) is 5.16. The lowest BCUT2D eigenvalue weighted by atomic mass is 9.66. The van der Waals surface area contributed by atoms with Gasteiger partial charge in [0.15, 0.2) is 5.78 Å². The average molecular weight is 394 g/mol. The van der Waals surface area contributed by atoms with Gasteiger partial charge in [0.2, 0.25) is 0 Å². The monoisotopic (exact) mass is 393 g/mol. The van der Waals surface area contributed by atoms with E-state index in [2.05, 4.69) is 43.5 Å². The van der Waals surface area contributed by atoms with Crippen molar-refractivity contribution in [2.75, 3.05) is 13.6 Å². The minimum Gasteiger partial charge on any atom is -0.508 e. The molecule has 0 heterocycles. The third-order valence-electron chi connectivity index (χ3n) is 6.39. The van der Waals surface area contributed by atoms with Crippen molar-refractivity contribution in [2.24, 2.45) is 11.3 Å². The molecule has 2 aliphatic carbocycles. The Morgan fingerprint density at radius 2 is 2.10 bits per heavy atom. The third kappa shape index (κ3) is 5.27. The van der Waals surface area contributed by atoms with Gasteiger partial charge in [-0.25, -0.2) is 0 Å². The van der Waals surface area contributed by atoms with Gasteiger partial charge in [-0.3, -0.25) is 4.79 Å². The molecule has 0 aliphatic heterocycles. The van der Waals surface area contributed by atoms with Gasteiger partial charge in [-0.05, 0) is 75.1 Å². The van der Waals surface area contributed by atoms with Crippen LogP contribution in [-0.2, 0) is 6.42 Å². The van der Waals surface area contributed by atoms with Crippen LogP contribution in [0.15, 0.2) is 53.6 Å². The molecule has 1 unspecified atom stereocenters. The van der Waals surface area contributed by atoms with Crippen molar-refractivity contribution in [1.82, 2.24) is 5.32 Å². The number of carbonyl (C=O) groups is 1. The number of hydrogen-bond acceptors (Lipinski definition) is 3. The van der Waals surface area contributed by atoms with Gasteiger partial charge >= 0.3 is 0 Å². The van der Waals surface area contributed by atoms with Crippen molar-refractivity contribution in [1.29, 1.82) is 0 Å². The molecule has 1 aromatic carbocycles. The van der Waals surface area contributed by atoms with E-state index in [1.807, 2.05) is 13.1 Å². The molecule has 3 nitrogen and oxygen atoms in total. The lowest BCUT2D eigenvalue weighted by Crippen LogP contribution is -2.32. The number of phenolic OH excluding ortho intramolecular Hbond substituents is 1. The minimum absolute atomic E-state index is 0.0197. The zero-order chi connectivity index (χ0) is 20.9. The number of hydrogen-bond donors (Lipinski definition) is 2. The highest BCUT2D eigenvalue weighted by Gasteiger charge is 2.37. The molecule has 0 fully saturated rings. The predicted molar refractivity (Wildman–Crippen MR) is 120 cm³/mol. The molecule has 0 saturated carbocycles. The number of ketones is 1. The van der Waals surface area contributed by atoms with Crippen LogP contribution in [0.25, 0.3) is 0 Å². The lowest BCUT2D eigenvalue weighted by Gasteiger charge is -2.39. The molecule has 3 rings (SSSR count). The van der Waals surface area contributed by atoms with Crippen molar-refractivity contribution in [3.8, 4) is 5.75 Å². The van der Waals surface area contributed by atoms with Crippen molar-refractivity contribution in [2.45, 2.75) is 58.8 Å². The van der Waals surface area contributed by atoms with E-state index in [1.54, 1.807) is 12.1 Å². The Labute approximate surface area is 175 Å². The molecule has 2 aliphatic rings. The molecule has 156 valence electrons. The number of carbonyl (C=O) groups excluding carboxylic acids is 1. The largest absolute Gasteiger partial charge is 0.508 e. The zero-order valence-corrected chi connectivity index (χ0v) is 18.1. The molecule has 3 heteroatoms. The second-order valence-electron chi connectivity index (χ2n) is 9.15. The number of allylic oxidation sites excluding steroid dienone is 6. The smallest absolute Gasteiger partial charge is 0.163 e. The van der Waals surface area contributed by atoms with Crippen LogP contribution in [-0.4, -0.2) is 24.5 Å². The summed E-state index contributed by atoms with van der Waals surface area (Å²) in [6.07, 6.45) is 15.1. The summed E-state index contributed by atoms with van der Waals surface area (Å²) in [7, 11) is 1.98. The molecular formula is C26H35NO2. The molecular weight excluding hydrogens is 358 g/mol. The van der Waals surface area contributed by atoms with Gasteiger partial charge in [0, 0.05) is 17.5 Å². The van der Waals surface area contributed by atoms with Crippen molar-refractivity contribution < 1.29 is 9.90 Å². The standard InChI is InChI=1S/C26H35NO2/c1-19(2)16-23-22(10-7-11-24(23)28)25(29)18-26(14-15-27-3)13-12-20-8-5-4-6-9-21(20)17-26/h4-7,9-11,19,27-28H,8,12-18H2,1-3H3. The van der Waals surface area contributed by atoms with E-state index in [0.29, 0.717) is 17.9 Å². The fourth-order valence-corrected chi connectivity index (χ4v) is 4.80. The van der Waals surface area contributed by atoms with Crippen LogP contribution in [0.3, 0.4) is 0 Å². The van der Waals surface area contributed by atoms with Crippen molar-refractivity contribution in [3.05, 3.63) is 64.8 Å². The first-order valence-corrected chi connectivity index (χ1v) is 11.0. The summed E-state index contributed by atoms with van der Waals surface area (Å²) in [6, 6.07) is 5.40. The zero-order valence-electron chi connectivity index (χ0n) is 18.1. The van der Waals surface area contributed by atoms with Crippen molar-refractivity contribution >= 4 is 5.78 Å². The second kappa shape index (κ2) is 9.58. The Balaban J connectivity index is 1.88. The first-order valence-electron chi connectivity index (χ1n) is 11.0. The Hall–Kier alpha value is -2.13. The number of phenols is 1. The molecule has 1 atom stereocenters. The molecule has 0 saturated heterocycles. The van der Waals surface area contributed by atoms with E-state index in [-0.39, 0.29) is 16.9 Å². The summed E-state index contributed by atoms with van der Waals surface area (Å²) in [5, 5.41) is 13.7.